The zero-order valence-electron chi connectivity index (χ0n) is 13.6. The van der Waals surface area contributed by atoms with Crippen LogP contribution >= 0.6 is 0 Å². The zero-order valence-corrected chi connectivity index (χ0v) is 13.6. The lowest BCUT2D eigenvalue weighted by molar-refractivity contribution is -0.122. The molecule has 0 fully saturated rings. The van der Waals surface area contributed by atoms with Crippen molar-refractivity contribution in [3.8, 4) is 11.5 Å². The van der Waals surface area contributed by atoms with Crippen LogP contribution in [0.3, 0.4) is 0 Å². The molecule has 0 heterocycles. The molecule has 0 aromatic heterocycles. The van der Waals surface area contributed by atoms with Crippen molar-refractivity contribution in [1.82, 2.24) is 0 Å². The first-order chi connectivity index (χ1) is 11.5. The molecule has 2 amide bonds. The number of hydrogen-bond donors (Lipinski definition) is 2. The summed E-state index contributed by atoms with van der Waals surface area (Å²) in [6.45, 7) is 1.87. The third-order valence-electron chi connectivity index (χ3n) is 3.44. The number of rotatable bonds is 7. The molecule has 0 spiro atoms. The number of anilines is 1. The number of ether oxygens (including phenoxy) is 2. The Morgan fingerprint density at radius 2 is 1.62 bits per heavy atom. The number of amides is 2. The summed E-state index contributed by atoms with van der Waals surface area (Å²) in [6.07, 6.45) is -0.119. The summed E-state index contributed by atoms with van der Waals surface area (Å²) in [5.41, 5.74) is 6.14. The van der Waals surface area contributed by atoms with Crippen LogP contribution in [-0.4, -0.2) is 25.0 Å². The molecule has 24 heavy (non-hydrogen) atoms. The van der Waals surface area contributed by atoms with Gasteiger partial charge in [-0.15, -0.1) is 0 Å². The maximum Gasteiger partial charge on any atom is 0.265 e. The summed E-state index contributed by atoms with van der Waals surface area (Å²) in [5.74, 6) is 0.526. The van der Waals surface area contributed by atoms with E-state index in [0.29, 0.717) is 23.4 Å². The summed E-state index contributed by atoms with van der Waals surface area (Å²) in [4.78, 5) is 23.4. The predicted octanol–water partition coefficient (Wildman–Crippen LogP) is 2.59. The SMILES string of the molecule is CCC(Oc1ccc(OC)cc1)C(=O)Nc1ccc(C(N)=O)cc1. The van der Waals surface area contributed by atoms with Gasteiger partial charge in [0.25, 0.3) is 5.91 Å². The molecule has 0 aliphatic carbocycles. The van der Waals surface area contributed by atoms with Gasteiger partial charge in [-0.05, 0) is 55.0 Å². The van der Waals surface area contributed by atoms with Gasteiger partial charge < -0.3 is 20.5 Å². The molecule has 1 unspecified atom stereocenters. The summed E-state index contributed by atoms with van der Waals surface area (Å²) < 4.78 is 10.8. The molecule has 0 radical (unpaired) electrons. The fourth-order valence-corrected chi connectivity index (χ4v) is 2.08. The van der Waals surface area contributed by atoms with Crippen molar-refractivity contribution < 1.29 is 19.1 Å². The van der Waals surface area contributed by atoms with Gasteiger partial charge in [0.05, 0.1) is 7.11 Å². The summed E-state index contributed by atoms with van der Waals surface area (Å²) in [7, 11) is 1.58. The first-order valence-electron chi connectivity index (χ1n) is 7.55. The number of methoxy groups -OCH3 is 1. The van der Waals surface area contributed by atoms with E-state index in [-0.39, 0.29) is 5.91 Å². The third kappa shape index (κ3) is 4.49. The zero-order chi connectivity index (χ0) is 17.5. The minimum absolute atomic E-state index is 0.264. The molecular weight excluding hydrogens is 308 g/mol. The van der Waals surface area contributed by atoms with E-state index in [9.17, 15) is 9.59 Å². The molecule has 126 valence electrons. The van der Waals surface area contributed by atoms with E-state index in [4.69, 9.17) is 15.2 Å². The van der Waals surface area contributed by atoms with Crippen molar-refractivity contribution in [2.75, 3.05) is 12.4 Å². The van der Waals surface area contributed by atoms with Crippen molar-refractivity contribution in [3.63, 3.8) is 0 Å². The highest BCUT2D eigenvalue weighted by molar-refractivity contribution is 5.96. The molecule has 6 heteroatoms. The lowest BCUT2D eigenvalue weighted by atomic mass is 10.2. The Kier molecular flexibility index (Phi) is 5.78. The Bertz CT molecular complexity index is 696. The highest BCUT2D eigenvalue weighted by Crippen LogP contribution is 2.19. The Balaban J connectivity index is 2.00. The first-order valence-corrected chi connectivity index (χ1v) is 7.55. The molecule has 3 N–H and O–H groups in total. The molecule has 0 aliphatic heterocycles. The molecule has 0 aliphatic rings. The summed E-state index contributed by atoms with van der Waals surface area (Å²) in [5, 5.41) is 2.76. The van der Waals surface area contributed by atoms with Gasteiger partial charge in [-0.2, -0.15) is 0 Å². The largest absolute Gasteiger partial charge is 0.497 e. The summed E-state index contributed by atoms with van der Waals surface area (Å²) in [6, 6.07) is 13.4. The fraction of sp³-hybridized carbons (Fsp3) is 0.222. The molecule has 2 aromatic rings. The summed E-state index contributed by atoms with van der Waals surface area (Å²) >= 11 is 0. The van der Waals surface area contributed by atoms with E-state index in [1.54, 1.807) is 55.6 Å². The van der Waals surface area contributed by atoms with Gasteiger partial charge in [0, 0.05) is 11.3 Å². The van der Waals surface area contributed by atoms with Crippen LogP contribution in [0, 0.1) is 0 Å². The fourth-order valence-electron chi connectivity index (χ4n) is 2.08. The van der Waals surface area contributed by atoms with E-state index >= 15 is 0 Å². The smallest absolute Gasteiger partial charge is 0.265 e. The molecule has 0 saturated carbocycles. The monoisotopic (exact) mass is 328 g/mol. The minimum Gasteiger partial charge on any atom is -0.497 e. The number of nitrogens with two attached hydrogens (primary N) is 1. The predicted molar refractivity (Wildman–Crippen MR) is 91.3 cm³/mol. The van der Waals surface area contributed by atoms with E-state index in [1.807, 2.05) is 6.92 Å². The van der Waals surface area contributed by atoms with Gasteiger partial charge in [0.1, 0.15) is 11.5 Å². The Morgan fingerprint density at radius 1 is 1.04 bits per heavy atom. The van der Waals surface area contributed by atoms with Gasteiger partial charge in [0.2, 0.25) is 5.91 Å². The van der Waals surface area contributed by atoms with Crippen molar-refractivity contribution >= 4 is 17.5 Å². The van der Waals surface area contributed by atoms with Crippen LogP contribution in [0.25, 0.3) is 0 Å². The standard InChI is InChI=1S/C18H20N2O4/c1-3-16(24-15-10-8-14(23-2)9-11-15)18(22)20-13-6-4-12(5-7-13)17(19)21/h4-11,16H,3H2,1-2H3,(H2,19,21)(H,20,22). The van der Waals surface area contributed by atoms with Gasteiger partial charge >= 0.3 is 0 Å². The highest BCUT2D eigenvalue weighted by Gasteiger charge is 2.18. The second kappa shape index (κ2) is 8.01. The first kappa shape index (κ1) is 17.3. The Morgan fingerprint density at radius 3 is 2.12 bits per heavy atom. The van der Waals surface area contributed by atoms with Crippen LogP contribution in [0.1, 0.15) is 23.7 Å². The lowest BCUT2D eigenvalue weighted by Gasteiger charge is -2.17. The Labute approximate surface area is 140 Å². The second-order valence-corrected chi connectivity index (χ2v) is 5.12. The quantitative estimate of drug-likeness (QED) is 0.817. The topological polar surface area (TPSA) is 90.7 Å². The van der Waals surface area contributed by atoms with Gasteiger partial charge in [-0.25, -0.2) is 0 Å². The molecular formula is C18H20N2O4. The van der Waals surface area contributed by atoms with E-state index in [1.165, 1.54) is 0 Å². The van der Waals surface area contributed by atoms with Crippen LogP contribution < -0.4 is 20.5 Å². The van der Waals surface area contributed by atoms with Crippen LogP contribution in [0.4, 0.5) is 5.69 Å². The average Bonchev–Trinajstić information content (AvgIpc) is 2.60. The molecule has 2 aromatic carbocycles. The van der Waals surface area contributed by atoms with Crippen molar-refractivity contribution in [2.45, 2.75) is 19.4 Å². The van der Waals surface area contributed by atoms with Gasteiger partial charge in [0.15, 0.2) is 6.10 Å². The molecule has 6 nitrogen and oxygen atoms in total. The molecule has 0 saturated heterocycles. The van der Waals surface area contributed by atoms with Crippen LogP contribution in [0.5, 0.6) is 11.5 Å². The maximum absolute atomic E-state index is 12.3. The van der Waals surface area contributed by atoms with Crippen molar-refractivity contribution in [1.29, 1.82) is 0 Å². The second-order valence-electron chi connectivity index (χ2n) is 5.12. The number of benzene rings is 2. The molecule has 0 bridgehead atoms. The van der Waals surface area contributed by atoms with E-state index < -0.39 is 12.0 Å². The number of hydrogen-bond acceptors (Lipinski definition) is 4. The average molecular weight is 328 g/mol. The minimum atomic E-state index is -0.630. The number of nitrogens with one attached hydrogen (secondary N) is 1. The van der Waals surface area contributed by atoms with Gasteiger partial charge in [-0.3, -0.25) is 9.59 Å². The van der Waals surface area contributed by atoms with Crippen molar-refractivity contribution in [2.24, 2.45) is 5.73 Å². The Hall–Kier alpha value is -3.02. The highest BCUT2D eigenvalue weighted by atomic mass is 16.5. The van der Waals surface area contributed by atoms with E-state index in [0.717, 1.165) is 5.75 Å². The van der Waals surface area contributed by atoms with Crippen LogP contribution in [0.15, 0.2) is 48.5 Å². The number of primary amides is 1. The normalized spacial score (nSPS) is 11.4. The van der Waals surface area contributed by atoms with Crippen molar-refractivity contribution in [3.05, 3.63) is 54.1 Å². The molecule has 1 atom stereocenters. The maximum atomic E-state index is 12.3. The lowest BCUT2D eigenvalue weighted by Crippen LogP contribution is -2.32. The van der Waals surface area contributed by atoms with Crippen LogP contribution in [-0.2, 0) is 4.79 Å². The van der Waals surface area contributed by atoms with E-state index in [2.05, 4.69) is 5.32 Å². The number of carbonyl (C=O) groups is 2. The van der Waals surface area contributed by atoms with Gasteiger partial charge in [-0.1, -0.05) is 6.92 Å². The van der Waals surface area contributed by atoms with Crippen LogP contribution in [0.2, 0.25) is 0 Å². The third-order valence-corrected chi connectivity index (χ3v) is 3.44. The number of carbonyl (C=O) groups excluding carboxylic acids is 2. The molecule has 2 rings (SSSR count).